The van der Waals surface area contributed by atoms with Crippen molar-refractivity contribution in [3.63, 3.8) is 0 Å². The highest BCUT2D eigenvalue weighted by atomic mass is 16.5. The molecule has 0 spiro atoms. The van der Waals surface area contributed by atoms with E-state index in [0.29, 0.717) is 6.54 Å². The van der Waals surface area contributed by atoms with Gasteiger partial charge < -0.3 is 9.47 Å². The van der Waals surface area contributed by atoms with Crippen molar-refractivity contribution >= 4 is 0 Å². The summed E-state index contributed by atoms with van der Waals surface area (Å²) < 4.78 is 12.5. The number of aromatic nitrogens is 3. The largest absolute Gasteiger partial charge is 0.497 e. The standard InChI is InChI=1S/C25H35N3O2/c1-19(2)9-7-10-20(3)11-8-12-21(4)13-14-28-18-25(26-27-28)22-15-23(29-5)17-24(16-22)30-6/h9,11,13,15-18H,7-8,10,12,14H2,1-6H3/b20-11+,21-13+. The normalized spacial score (nSPS) is 12.1. The van der Waals surface area contributed by atoms with Gasteiger partial charge in [0, 0.05) is 11.6 Å². The van der Waals surface area contributed by atoms with Gasteiger partial charge in [-0.05, 0) is 65.5 Å². The van der Waals surface area contributed by atoms with E-state index in [9.17, 15) is 0 Å². The lowest BCUT2D eigenvalue weighted by molar-refractivity contribution is 0.394. The maximum Gasteiger partial charge on any atom is 0.123 e. The van der Waals surface area contributed by atoms with E-state index < -0.39 is 0 Å². The minimum absolute atomic E-state index is 0.712. The van der Waals surface area contributed by atoms with Crippen molar-refractivity contribution in [3.05, 3.63) is 59.3 Å². The molecule has 0 radical (unpaired) electrons. The van der Waals surface area contributed by atoms with Crippen molar-refractivity contribution in [2.24, 2.45) is 0 Å². The third-order valence-electron chi connectivity index (χ3n) is 4.94. The fraction of sp³-hybridized carbons (Fsp3) is 0.440. The van der Waals surface area contributed by atoms with E-state index >= 15 is 0 Å². The third kappa shape index (κ3) is 7.90. The van der Waals surface area contributed by atoms with Crippen LogP contribution in [-0.2, 0) is 6.54 Å². The molecule has 2 rings (SSSR count). The van der Waals surface area contributed by atoms with Crippen LogP contribution in [0.1, 0.15) is 53.4 Å². The van der Waals surface area contributed by atoms with Crippen LogP contribution in [0.4, 0.5) is 0 Å². The Balaban J connectivity index is 1.90. The van der Waals surface area contributed by atoms with Gasteiger partial charge in [-0.15, -0.1) is 5.10 Å². The minimum atomic E-state index is 0.712. The van der Waals surface area contributed by atoms with Crippen LogP contribution in [0.3, 0.4) is 0 Å². The lowest BCUT2D eigenvalue weighted by Crippen LogP contribution is -1.96. The maximum absolute atomic E-state index is 5.34. The van der Waals surface area contributed by atoms with Crippen molar-refractivity contribution in [2.45, 2.75) is 59.9 Å². The smallest absolute Gasteiger partial charge is 0.123 e. The molecule has 0 unspecified atom stereocenters. The van der Waals surface area contributed by atoms with Gasteiger partial charge in [0.05, 0.1) is 27.0 Å². The van der Waals surface area contributed by atoms with E-state index in [0.717, 1.165) is 48.4 Å². The Hall–Kier alpha value is -2.82. The molecule has 0 bridgehead atoms. The number of allylic oxidation sites excluding steroid dienone is 6. The van der Waals surface area contributed by atoms with Crippen molar-refractivity contribution in [3.8, 4) is 22.8 Å². The summed E-state index contributed by atoms with van der Waals surface area (Å²) in [6.07, 6.45) is 13.3. The van der Waals surface area contributed by atoms with Gasteiger partial charge in [-0.1, -0.05) is 40.2 Å². The highest BCUT2D eigenvalue weighted by molar-refractivity contribution is 5.63. The molecule has 0 saturated carbocycles. The summed E-state index contributed by atoms with van der Waals surface area (Å²) in [7, 11) is 3.28. The van der Waals surface area contributed by atoms with Crippen molar-refractivity contribution < 1.29 is 9.47 Å². The first-order chi connectivity index (χ1) is 14.4. The number of nitrogens with zero attached hydrogens (tertiary/aromatic N) is 3. The van der Waals surface area contributed by atoms with Crippen molar-refractivity contribution in [2.75, 3.05) is 14.2 Å². The van der Waals surface area contributed by atoms with Gasteiger partial charge in [0.1, 0.15) is 17.2 Å². The van der Waals surface area contributed by atoms with Crippen LogP contribution in [0.15, 0.2) is 59.3 Å². The highest BCUT2D eigenvalue weighted by Crippen LogP contribution is 2.28. The summed E-state index contributed by atoms with van der Waals surface area (Å²) >= 11 is 0. The number of benzene rings is 1. The lowest BCUT2D eigenvalue weighted by atomic mass is 10.1. The average Bonchev–Trinajstić information content (AvgIpc) is 3.20. The number of methoxy groups -OCH3 is 2. The summed E-state index contributed by atoms with van der Waals surface area (Å²) in [6, 6.07) is 5.71. The van der Waals surface area contributed by atoms with Gasteiger partial charge in [0.2, 0.25) is 0 Å². The molecule has 0 aliphatic rings. The molecule has 5 heteroatoms. The van der Waals surface area contributed by atoms with E-state index in [1.807, 2.05) is 29.1 Å². The minimum Gasteiger partial charge on any atom is -0.497 e. The second kappa shape index (κ2) is 12.0. The Morgan fingerprint density at radius 1 is 0.867 bits per heavy atom. The zero-order valence-corrected chi connectivity index (χ0v) is 19.2. The Bertz CT molecular complexity index is 881. The first-order valence-corrected chi connectivity index (χ1v) is 10.5. The predicted octanol–water partition coefficient (Wildman–Crippen LogP) is 6.38. The molecule has 5 nitrogen and oxygen atoms in total. The zero-order chi connectivity index (χ0) is 21.9. The van der Waals surface area contributed by atoms with E-state index in [-0.39, 0.29) is 0 Å². The van der Waals surface area contributed by atoms with Gasteiger partial charge in [-0.3, -0.25) is 0 Å². The molecule has 1 heterocycles. The Morgan fingerprint density at radius 3 is 2.07 bits per heavy atom. The first kappa shape index (κ1) is 23.5. The summed E-state index contributed by atoms with van der Waals surface area (Å²) in [6.45, 7) is 9.42. The van der Waals surface area contributed by atoms with Crippen LogP contribution in [0.2, 0.25) is 0 Å². The number of ether oxygens (including phenoxy) is 2. The van der Waals surface area contributed by atoms with Crippen LogP contribution in [0, 0.1) is 0 Å². The molecule has 0 fully saturated rings. The topological polar surface area (TPSA) is 49.2 Å². The molecule has 0 saturated heterocycles. The van der Waals surface area contributed by atoms with Gasteiger partial charge in [-0.25, -0.2) is 4.68 Å². The second-order valence-corrected chi connectivity index (χ2v) is 7.89. The molecule has 0 aliphatic carbocycles. The van der Waals surface area contributed by atoms with Crippen LogP contribution < -0.4 is 9.47 Å². The van der Waals surface area contributed by atoms with Crippen LogP contribution in [-0.4, -0.2) is 29.2 Å². The Morgan fingerprint density at radius 2 is 1.47 bits per heavy atom. The second-order valence-electron chi connectivity index (χ2n) is 7.89. The molecule has 0 N–H and O–H groups in total. The molecular weight excluding hydrogens is 374 g/mol. The quantitative estimate of drug-likeness (QED) is 0.404. The van der Waals surface area contributed by atoms with Gasteiger partial charge in [-0.2, -0.15) is 0 Å². The Kier molecular flexibility index (Phi) is 9.39. The number of hydrogen-bond acceptors (Lipinski definition) is 4. The van der Waals surface area contributed by atoms with E-state index in [1.165, 1.54) is 16.7 Å². The summed E-state index contributed by atoms with van der Waals surface area (Å²) in [5, 5.41) is 8.55. The monoisotopic (exact) mass is 409 g/mol. The molecule has 1 aromatic carbocycles. The molecule has 0 amide bonds. The third-order valence-corrected chi connectivity index (χ3v) is 4.94. The van der Waals surface area contributed by atoms with Gasteiger partial charge >= 0.3 is 0 Å². The Labute approximate surface area is 181 Å². The highest BCUT2D eigenvalue weighted by Gasteiger charge is 2.08. The van der Waals surface area contributed by atoms with E-state index in [1.54, 1.807) is 14.2 Å². The van der Waals surface area contributed by atoms with E-state index in [4.69, 9.17) is 9.47 Å². The fourth-order valence-corrected chi connectivity index (χ4v) is 3.06. The van der Waals surface area contributed by atoms with Crippen LogP contribution >= 0.6 is 0 Å². The predicted molar refractivity (Wildman–Crippen MR) is 124 cm³/mol. The fourth-order valence-electron chi connectivity index (χ4n) is 3.06. The SMILES string of the molecule is COc1cc(OC)cc(-c2cn(C/C=C(\C)CC/C=C(\C)CCC=C(C)C)nn2)c1. The van der Waals surface area contributed by atoms with Crippen molar-refractivity contribution in [1.29, 1.82) is 0 Å². The molecular formula is C25H35N3O2. The van der Waals surface area contributed by atoms with Crippen LogP contribution in [0.5, 0.6) is 11.5 Å². The molecule has 0 aliphatic heterocycles. The molecule has 1 aromatic heterocycles. The molecule has 162 valence electrons. The number of rotatable bonds is 11. The number of hydrogen-bond donors (Lipinski definition) is 0. The summed E-state index contributed by atoms with van der Waals surface area (Å²) in [5.74, 6) is 1.47. The lowest BCUT2D eigenvalue weighted by Gasteiger charge is -2.06. The summed E-state index contributed by atoms with van der Waals surface area (Å²) in [4.78, 5) is 0. The zero-order valence-electron chi connectivity index (χ0n) is 19.2. The van der Waals surface area contributed by atoms with Crippen LogP contribution in [0.25, 0.3) is 11.3 Å². The summed E-state index contributed by atoms with van der Waals surface area (Å²) in [5.41, 5.74) is 5.95. The molecule has 2 aromatic rings. The molecule has 0 atom stereocenters. The maximum atomic E-state index is 5.34. The van der Waals surface area contributed by atoms with Crippen molar-refractivity contribution in [1.82, 2.24) is 15.0 Å². The van der Waals surface area contributed by atoms with Gasteiger partial charge in [0.25, 0.3) is 0 Å². The first-order valence-electron chi connectivity index (χ1n) is 10.5. The average molecular weight is 410 g/mol. The molecule has 30 heavy (non-hydrogen) atoms. The van der Waals surface area contributed by atoms with E-state index in [2.05, 4.69) is 56.2 Å². The van der Waals surface area contributed by atoms with Gasteiger partial charge in [0.15, 0.2) is 0 Å².